The van der Waals surface area contributed by atoms with Gasteiger partial charge < -0.3 is 5.32 Å². The Morgan fingerprint density at radius 3 is 2.52 bits per heavy atom. The van der Waals surface area contributed by atoms with Crippen LogP contribution in [0, 0.1) is 20.8 Å². The first-order chi connectivity index (χ1) is 11.9. The summed E-state index contributed by atoms with van der Waals surface area (Å²) >= 11 is 6.18. The van der Waals surface area contributed by atoms with Crippen LogP contribution in [0.5, 0.6) is 0 Å². The first-order valence-electron chi connectivity index (χ1n) is 8.09. The average molecular weight is 354 g/mol. The van der Waals surface area contributed by atoms with E-state index in [9.17, 15) is 4.79 Å². The van der Waals surface area contributed by atoms with E-state index in [1.54, 1.807) is 17.1 Å². The lowest BCUT2D eigenvalue weighted by atomic mass is 10.0. The van der Waals surface area contributed by atoms with Crippen LogP contribution in [0.1, 0.15) is 32.6 Å². The molecule has 0 unspecified atom stereocenters. The number of nitrogens with zero attached hydrogens (tertiary/aromatic N) is 2. The SMILES string of the molecule is Cc1cc(C)c(NC(=O)c2cnn(Cc3ccccc3Cl)c2)c(C)c1. The van der Waals surface area contributed by atoms with Gasteiger partial charge in [0.05, 0.1) is 18.3 Å². The van der Waals surface area contributed by atoms with Gasteiger partial charge in [0.2, 0.25) is 0 Å². The first kappa shape index (κ1) is 17.2. The fourth-order valence-corrected chi connectivity index (χ4v) is 3.13. The fraction of sp³-hybridized carbons (Fsp3) is 0.200. The highest BCUT2D eigenvalue weighted by molar-refractivity contribution is 6.31. The molecule has 0 bridgehead atoms. The van der Waals surface area contributed by atoms with E-state index in [1.165, 1.54) is 5.56 Å². The molecular formula is C20H20ClN3O. The number of rotatable bonds is 4. The third-order valence-electron chi connectivity index (χ3n) is 4.10. The summed E-state index contributed by atoms with van der Waals surface area (Å²) in [7, 11) is 0. The van der Waals surface area contributed by atoms with Crippen molar-refractivity contribution in [2.45, 2.75) is 27.3 Å². The lowest BCUT2D eigenvalue weighted by Crippen LogP contribution is -2.13. The maximum atomic E-state index is 12.5. The van der Waals surface area contributed by atoms with Gasteiger partial charge in [-0.15, -0.1) is 0 Å². The Labute approximate surface area is 152 Å². The van der Waals surface area contributed by atoms with Gasteiger partial charge in [-0.1, -0.05) is 47.5 Å². The third-order valence-corrected chi connectivity index (χ3v) is 4.47. The van der Waals surface area contributed by atoms with Crippen molar-refractivity contribution < 1.29 is 4.79 Å². The molecule has 3 aromatic rings. The van der Waals surface area contributed by atoms with E-state index in [4.69, 9.17) is 11.6 Å². The van der Waals surface area contributed by atoms with Crippen LogP contribution in [-0.4, -0.2) is 15.7 Å². The fourth-order valence-electron chi connectivity index (χ4n) is 2.93. The molecule has 0 saturated carbocycles. The molecule has 1 amide bonds. The van der Waals surface area contributed by atoms with Gasteiger partial charge in [0.1, 0.15) is 0 Å². The minimum atomic E-state index is -0.166. The number of anilines is 1. The molecule has 3 rings (SSSR count). The van der Waals surface area contributed by atoms with Gasteiger partial charge >= 0.3 is 0 Å². The molecule has 0 radical (unpaired) electrons. The molecule has 0 fully saturated rings. The molecule has 4 nitrogen and oxygen atoms in total. The van der Waals surface area contributed by atoms with E-state index in [-0.39, 0.29) is 5.91 Å². The van der Waals surface area contributed by atoms with Crippen molar-refractivity contribution in [3.05, 3.63) is 81.6 Å². The molecule has 1 N–H and O–H groups in total. The molecule has 25 heavy (non-hydrogen) atoms. The number of halogens is 1. The van der Waals surface area contributed by atoms with E-state index in [0.29, 0.717) is 17.1 Å². The van der Waals surface area contributed by atoms with Crippen molar-refractivity contribution in [1.29, 1.82) is 0 Å². The van der Waals surface area contributed by atoms with Gasteiger partial charge in [-0.2, -0.15) is 5.10 Å². The molecule has 1 aromatic heterocycles. The van der Waals surface area contributed by atoms with E-state index in [1.807, 2.05) is 45.0 Å². The van der Waals surface area contributed by atoms with Crippen LogP contribution in [-0.2, 0) is 6.54 Å². The monoisotopic (exact) mass is 353 g/mol. The summed E-state index contributed by atoms with van der Waals surface area (Å²) < 4.78 is 1.71. The maximum Gasteiger partial charge on any atom is 0.258 e. The number of nitrogens with one attached hydrogen (secondary N) is 1. The smallest absolute Gasteiger partial charge is 0.258 e. The predicted molar refractivity (Wildman–Crippen MR) is 101 cm³/mol. The van der Waals surface area contributed by atoms with E-state index >= 15 is 0 Å². The zero-order valence-corrected chi connectivity index (χ0v) is 15.3. The summed E-state index contributed by atoms with van der Waals surface area (Å²) in [6, 6.07) is 11.7. The maximum absolute atomic E-state index is 12.5. The zero-order chi connectivity index (χ0) is 18.0. The number of benzene rings is 2. The molecular weight excluding hydrogens is 334 g/mol. The summed E-state index contributed by atoms with van der Waals surface area (Å²) in [5, 5.41) is 7.95. The van der Waals surface area contributed by atoms with Gasteiger partial charge in [0.25, 0.3) is 5.91 Å². The molecule has 5 heteroatoms. The van der Waals surface area contributed by atoms with Crippen LogP contribution >= 0.6 is 11.6 Å². The molecule has 1 heterocycles. The van der Waals surface area contributed by atoms with Gasteiger partial charge in [-0.05, 0) is 43.5 Å². The normalized spacial score (nSPS) is 10.7. The number of hydrogen-bond donors (Lipinski definition) is 1. The summed E-state index contributed by atoms with van der Waals surface area (Å²) in [4.78, 5) is 12.5. The minimum Gasteiger partial charge on any atom is -0.321 e. The largest absolute Gasteiger partial charge is 0.321 e. The number of aryl methyl sites for hydroxylation is 3. The van der Waals surface area contributed by atoms with Crippen LogP contribution < -0.4 is 5.32 Å². The van der Waals surface area contributed by atoms with Crippen molar-refractivity contribution in [2.24, 2.45) is 0 Å². The van der Waals surface area contributed by atoms with E-state index in [2.05, 4.69) is 22.5 Å². The number of carbonyl (C=O) groups excluding carboxylic acids is 1. The molecule has 0 aliphatic rings. The third kappa shape index (κ3) is 3.91. The van der Waals surface area contributed by atoms with Crippen LogP contribution in [0.25, 0.3) is 0 Å². The molecule has 0 spiro atoms. The van der Waals surface area contributed by atoms with Crippen LogP contribution in [0.15, 0.2) is 48.8 Å². The van der Waals surface area contributed by atoms with E-state index in [0.717, 1.165) is 22.4 Å². The Hall–Kier alpha value is -2.59. The van der Waals surface area contributed by atoms with Crippen molar-refractivity contribution in [3.63, 3.8) is 0 Å². The minimum absolute atomic E-state index is 0.166. The lowest BCUT2D eigenvalue weighted by Gasteiger charge is -2.12. The molecule has 0 saturated heterocycles. The highest BCUT2D eigenvalue weighted by atomic mass is 35.5. The van der Waals surface area contributed by atoms with Gasteiger partial charge in [-0.25, -0.2) is 0 Å². The van der Waals surface area contributed by atoms with Crippen molar-refractivity contribution in [2.75, 3.05) is 5.32 Å². The van der Waals surface area contributed by atoms with Gasteiger partial charge in [0, 0.05) is 16.9 Å². The summed E-state index contributed by atoms with van der Waals surface area (Å²) in [6.07, 6.45) is 3.31. The van der Waals surface area contributed by atoms with Crippen LogP contribution in [0.2, 0.25) is 5.02 Å². The molecule has 0 aliphatic carbocycles. The standard InChI is InChI=1S/C20H20ClN3O/c1-13-8-14(2)19(15(3)9-13)23-20(25)17-10-22-24(12-17)11-16-6-4-5-7-18(16)21/h4-10,12H,11H2,1-3H3,(H,23,25). The molecule has 0 aliphatic heterocycles. The topological polar surface area (TPSA) is 46.9 Å². The van der Waals surface area contributed by atoms with Crippen molar-refractivity contribution >= 4 is 23.2 Å². The summed E-state index contributed by atoms with van der Waals surface area (Å²) in [5.74, 6) is -0.166. The highest BCUT2D eigenvalue weighted by Gasteiger charge is 2.13. The Morgan fingerprint density at radius 1 is 1.16 bits per heavy atom. The average Bonchev–Trinajstić information content (AvgIpc) is 3.01. The Kier molecular flexibility index (Phi) is 4.91. The van der Waals surface area contributed by atoms with Crippen LogP contribution in [0.3, 0.4) is 0 Å². The summed E-state index contributed by atoms with van der Waals surface area (Å²) in [6.45, 7) is 6.56. The number of aromatic nitrogens is 2. The second-order valence-corrected chi connectivity index (χ2v) is 6.65. The van der Waals surface area contributed by atoms with Crippen LogP contribution in [0.4, 0.5) is 5.69 Å². The quantitative estimate of drug-likeness (QED) is 0.734. The predicted octanol–water partition coefficient (Wildman–Crippen LogP) is 4.76. The van der Waals surface area contributed by atoms with Crippen molar-refractivity contribution in [3.8, 4) is 0 Å². The first-order valence-corrected chi connectivity index (χ1v) is 8.47. The molecule has 128 valence electrons. The lowest BCUT2D eigenvalue weighted by molar-refractivity contribution is 0.102. The van der Waals surface area contributed by atoms with Gasteiger partial charge in [0.15, 0.2) is 0 Å². The van der Waals surface area contributed by atoms with E-state index < -0.39 is 0 Å². The van der Waals surface area contributed by atoms with Crippen molar-refractivity contribution in [1.82, 2.24) is 9.78 Å². The number of amides is 1. The second-order valence-electron chi connectivity index (χ2n) is 6.25. The number of carbonyl (C=O) groups is 1. The Balaban J connectivity index is 1.76. The number of hydrogen-bond acceptors (Lipinski definition) is 2. The zero-order valence-electron chi connectivity index (χ0n) is 14.5. The Bertz CT molecular complexity index is 907. The van der Waals surface area contributed by atoms with Gasteiger partial charge in [-0.3, -0.25) is 9.48 Å². The molecule has 2 aromatic carbocycles. The highest BCUT2D eigenvalue weighted by Crippen LogP contribution is 2.22. The Morgan fingerprint density at radius 2 is 1.84 bits per heavy atom. The molecule has 0 atom stereocenters. The summed E-state index contributed by atoms with van der Waals surface area (Å²) in [5.41, 5.74) is 5.62. The second kappa shape index (κ2) is 7.11.